The van der Waals surface area contributed by atoms with E-state index in [1.54, 1.807) is 11.3 Å². The molecule has 220 valence electrons. The number of hydrogen-bond donors (Lipinski definition) is 2. The van der Waals surface area contributed by atoms with Crippen molar-refractivity contribution >= 4 is 33.8 Å². The van der Waals surface area contributed by atoms with Crippen molar-refractivity contribution in [3.8, 4) is 22.3 Å². The van der Waals surface area contributed by atoms with E-state index in [-0.39, 0.29) is 0 Å². The fourth-order valence-corrected chi connectivity index (χ4v) is 5.26. The van der Waals surface area contributed by atoms with Gasteiger partial charge in [-0.1, -0.05) is 72.8 Å². The van der Waals surface area contributed by atoms with Crippen LogP contribution in [-0.4, -0.2) is 23.8 Å². The largest absolute Gasteiger partial charge is 0.495 e. The maximum atomic E-state index is 6.17. The van der Waals surface area contributed by atoms with Gasteiger partial charge in [-0.05, 0) is 75.2 Å². The SMILES string of the molecule is C=N/C=C\OCc1cncc(-c2ccc(-c3ccc(C(=C/N)/C=C(\C)N(C)O/C=C\N)c4ccccc34)c3ccccc23)c1. The van der Waals surface area contributed by atoms with Crippen LogP contribution < -0.4 is 11.5 Å². The lowest BCUT2D eigenvalue weighted by Crippen LogP contribution is -2.13. The van der Waals surface area contributed by atoms with E-state index in [1.165, 1.54) is 24.9 Å². The Hall–Kier alpha value is -5.82. The molecular formula is C37H35N5O2. The second kappa shape index (κ2) is 13.9. The van der Waals surface area contributed by atoms with Crippen LogP contribution in [0.5, 0.6) is 0 Å². The van der Waals surface area contributed by atoms with E-state index >= 15 is 0 Å². The fraction of sp³-hybridized carbons (Fsp3) is 0.0811. The zero-order chi connectivity index (χ0) is 30.9. The molecule has 0 aliphatic carbocycles. The van der Waals surface area contributed by atoms with Crippen LogP contribution in [0.3, 0.4) is 0 Å². The minimum atomic E-state index is 0.392. The van der Waals surface area contributed by atoms with Crippen LogP contribution in [0.15, 0.2) is 139 Å². The summed E-state index contributed by atoms with van der Waals surface area (Å²) in [6, 6.07) is 27.7. The normalized spacial score (nSPS) is 12.3. The Morgan fingerprint density at radius 3 is 2.18 bits per heavy atom. The van der Waals surface area contributed by atoms with Crippen LogP contribution in [0.1, 0.15) is 18.1 Å². The Balaban J connectivity index is 1.59. The molecule has 0 spiro atoms. The Bertz CT molecular complexity index is 1920. The number of pyridine rings is 1. The summed E-state index contributed by atoms with van der Waals surface area (Å²) in [7, 11) is 1.81. The highest BCUT2D eigenvalue weighted by atomic mass is 16.7. The molecule has 5 aromatic rings. The highest BCUT2D eigenvalue weighted by molar-refractivity contribution is 6.11. The number of hydrogen-bond acceptors (Lipinski definition) is 7. The topological polar surface area (TPSA) is 99.0 Å². The first kappa shape index (κ1) is 29.7. The van der Waals surface area contributed by atoms with E-state index in [2.05, 4.69) is 95.6 Å². The van der Waals surface area contributed by atoms with Crippen molar-refractivity contribution in [2.75, 3.05) is 7.05 Å². The minimum absolute atomic E-state index is 0.392. The quantitative estimate of drug-likeness (QED) is 0.0712. The maximum absolute atomic E-state index is 6.17. The summed E-state index contributed by atoms with van der Waals surface area (Å²) < 4.78 is 5.55. The second-order valence-corrected chi connectivity index (χ2v) is 10.1. The summed E-state index contributed by atoms with van der Waals surface area (Å²) in [6.07, 6.45) is 13.1. The number of fused-ring (bicyclic) bond motifs is 2. The Kier molecular flexibility index (Phi) is 9.37. The van der Waals surface area contributed by atoms with Crippen molar-refractivity contribution in [1.29, 1.82) is 0 Å². The molecule has 0 radical (unpaired) electrons. The Labute approximate surface area is 257 Å². The number of nitrogens with zero attached hydrogens (tertiary/aromatic N) is 3. The monoisotopic (exact) mass is 581 g/mol. The highest BCUT2D eigenvalue weighted by Gasteiger charge is 2.15. The Morgan fingerprint density at radius 1 is 0.864 bits per heavy atom. The molecule has 1 heterocycles. The highest BCUT2D eigenvalue weighted by Crippen LogP contribution is 2.40. The average Bonchev–Trinajstić information content (AvgIpc) is 3.07. The number of ether oxygens (including phenoxy) is 1. The van der Waals surface area contributed by atoms with Gasteiger partial charge in [-0.2, -0.15) is 0 Å². The molecule has 44 heavy (non-hydrogen) atoms. The van der Waals surface area contributed by atoms with Crippen LogP contribution in [0.4, 0.5) is 0 Å². The molecule has 5 rings (SSSR count). The predicted octanol–water partition coefficient (Wildman–Crippen LogP) is 7.91. The van der Waals surface area contributed by atoms with Gasteiger partial charge in [-0.15, -0.1) is 0 Å². The number of aliphatic imine (C=N–C) groups is 1. The van der Waals surface area contributed by atoms with Gasteiger partial charge in [0, 0.05) is 48.7 Å². The molecule has 1 aromatic heterocycles. The summed E-state index contributed by atoms with van der Waals surface area (Å²) in [5.74, 6) is 0. The molecule has 0 fully saturated rings. The molecule has 0 atom stereocenters. The molecule has 0 saturated carbocycles. The van der Waals surface area contributed by atoms with Gasteiger partial charge in [0.25, 0.3) is 0 Å². The molecule has 0 aliphatic rings. The molecule has 0 saturated heterocycles. The van der Waals surface area contributed by atoms with E-state index in [4.69, 9.17) is 21.0 Å². The van der Waals surface area contributed by atoms with E-state index in [0.717, 1.165) is 66.2 Å². The number of aromatic nitrogens is 1. The van der Waals surface area contributed by atoms with Gasteiger partial charge >= 0.3 is 0 Å². The van der Waals surface area contributed by atoms with E-state index in [9.17, 15) is 0 Å². The van der Waals surface area contributed by atoms with Crippen LogP contribution in [0.2, 0.25) is 0 Å². The molecule has 0 unspecified atom stereocenters. The van der Waals surface area contributed by atoms with Crippen molar-refractivity contribution in [2.24, 2.45) is 16.5 Å². The van der Waals surface area contributed by atoms with Gasteiger partial charge in [0.15, 0.2) is 0 Å². The third-order valence-corrected chi connectivity index (χ3v) is 7.41. The van der Waals surface area contributed by atoms with Crippen LogP contribution >= 0.6 is 0 Å². The van der Waals surface area contributed by atoms with Crippen LogP contribution in [0, 0.1) is 0 Å². The van der Waals surface area contributed by atoms with Crippen molar-refractivity contribution in [2.45, 2.75) is 13.5 Å². The van der Waals surface area contributed by atoms with Crippen molar-refractivity contribution in [3.05, 3.63) is 145 Å². The molecule has 7 heteroatoms. The average molecular weight is 582 g/mol. The van der Waals surface area contributed by atoms with Crippen molar-refractivity contribution in [3.63, 3.8) is 0 Å². The van der Waals surface area contributed by atoms with Gasteiger partial charge in [0.2, 0.25) is 0 Å². The number of benzene rings is 4. The number of hydroxylamine groups is 2. The lowest BCUT2D eigenvalue weighted by atomic mass is 9.88. The Morgan fingerprint density at radius 2 is 1.50 bits per heavy atom. The third kappa shape index (κ3) is 6.32. The summed E-state index contributed by atoms with van der Waals surface area (Å²) >= 11 is 0. The van der Waals surface area contributed by atoms with Crippen molar-refractivity contribution in [1.82, 2.24) is 10.0 Å². The molecule has 0 amide bonds. The zero-order valence-electron chi connectivity index (χ0n) is 24.9. The lowest BCUT2D eigenvalue weighted by molar-refractivity contribution is -0.0449. The molecule has 4 N–H and O–H groups in total. The van der Waals surface area contributed by atoms with Crippen LogP contribution in [-0.2, 0) is 16.2 Å². The summed E-state index contributed by atoms with van der Waals surface area (Å²) in [5.41, 5.74) is 19.7. The molecule has 7 nitrogen and oxygen atoms in total. The molecular weight excluding hydrogens is 546 g/mol. The van der Waals surface area contributed by atoms with E-state index < -0.39 is 0 Å². The van der Waals surface area contributed by atoms with Crippen molar-refractivity contribution < 1.29 is 9.57 Å². The van der Waals surface area contributed by atoms with E-state index in [1.807, 2.05) is 32.4 Å². The van der Waals surface area contributed by atoms with Gasteiger partial charge in [-0.3, -0.25) is 9.98 Å². The summed E-state index contributed by atoms with van der Waals surface area (Å²) in [4.78, 5) is 13.6. The number of allylic oxidation sites excluding steroid dienone is 3. The number of nitrogens with two attached hydrogens (primary N) is 2. The molecule has 0 bridgehead atoms. The maximum Gasteiger partial charge on any atom is 0.134 e. The first-order valence-corrected chi connectivity index (χ1v) is 14.1. The first-order chi connectivity index (χ1) is 21.5. The smallest absolute Gasteiger partial charge is 0.134 e. The first-order valence-electron chi connectivity index (χ1n) is 14.1. The molecule has 4 aromatic carbocycles. The van der Waals surface area contributed by atoms with Gasteiger partial charge in [-0.25, -0.2) is 5.06 Å². The summed E-state index contributed by atoms with van der Waals surface area (Å²) in [6.45, 7) is 5.77. The van der Waals surface area contributed by atoms with E-state index in [0.29, 0.717) is 6.61 Å². The standard InChI is InChI=1S/C37H35N5O2/c1-26(42(3)44-18-16-38)20-28(22-39)30-12-14-36(34-10-6-4-8-32(30)34)37-15-13-31(33-9-5-7-11-35(33)37)29-21-27(23-41-24-29)25-43-19-17-40-2/h4-24H,2,25,38-39H2,1,3H3/b18-16-,19-17-,26-20+,28-22+. The third-order valence-electron chi connectivity index (χ3n) is 7.41. The van der Waals surface area contributed by atoms with Gasteiger partial charge < -0.3 is 21.0 Å². The fourth-order valence-electron chi connectivity index (χ4n) is 5.26. The van der Waals surface area contributed by atoms with Gasteiger partial charge in [0.05, 0.1) is 6.20 Å². The molecule has 0 aliphatic heterocycles. The predicted molar refractivity (Wildman–Crippen MR) is 182 cm³/mol. The summed E-state index contributed by atoms with van der Waals surface area (Å²) in [5, 5.41) is 6.16. The van der Waals surface area contributed by atoms with Crippen LogP contribution in [0.25, 0.3) is 49.4 Å². The van der Waals surface area contributed by atoms with Gasteiger partial charge in [0.1, 0.15) is 19.1 Å². The lowest BCUT2D eigenvalue weighted by Gasteiger charge is -2.19. The second-order valence-electron chi connectivity index (χ2n) is 10.1. The minimum Gasteiger partial charge on any atom is -0.495 e. The zero-order valence-corrected chi connectivity index (χ0v) is 24.9. The number of rotatable bonds is 11.